The molecule has 0 aliphatic heterocycles. The zero-order chi connectivity index (χ0) is 13.3. The number of H-pyrrole nitrogens is 1. The lowest BCUT2D eigenvalue weighted by molar-refractivity contribution is 0.616. The van der Waals surface area contributed by atoms with E-state index in [1.807, 2.05) is 11.5 Å². The molecule has 0 saturated heterocycles. The van der Waals surface area contributed by atoms with E-state index in [0.29, 0.717) is 11.3 Å². The Morgan fingerprint density at radius 1 is 1.56 bits per heavy atom. The number of nitrogens with one attached hydrogen (secondary N) is 1. The molecule has 98 valence electrons. The number of imidazole rings is 1. The summed E-state index contributed by atoms with van der Waals surface area (Å²) >= 11 is 5.22. The maximum absolute atomic E-state index is 13.2. The first-order valence-electron chi connectivity index (χ1n) is 5.69. The molecule has 0 spiro atoms. The van der Waals surface area contributed by atoms with Crippen molar-refractivity contribution in [1.82, 2.24) is 9.55 Å². The Morgan fingerprint density at radius 2 is 2.28 bits per heavy atom. The van der Waals surface area contributed by atoms with E-state index in [4.69, 9.17) is 12.2 Å². The summed E-state index contributed by atoms with van der Waals surface area (Å²) in [4.78, 5) is 3.04. The van der Waals surface area contributed by atoms with E-state index in [2.05, 4.69) is 4.98 Å². The van der Waals surface area contributed by atoms with Crippen molar-refractivity contribution in [2.75, 3.05) is 6.26 Å². The molecule has 2 aromatic rings. The first-order chi connectivity index (χ1) is 8.49. The van der Waals surface area contributed by atoms with Gasteiger partial charge in [-0.1, -0.05) is 6.92 Å². The van der Waals surface area contributed by atoms with Crippen LogP contribution in [0.3, 0.4) is 0 Å². The molecule has 1 aromatic heterocycles. The first kappa shape index (κ1) is 13.4. The molecule has 1 aromatic carbocycles. The van der Waals surface area contributed by atoms with E-state index < -0.39 is 10.8 Å². The van der Waals surface area contributed by atoms with Crippen molar-refractivity contribution in [1.29, 1.82) is 0 Å². The summed E-state index contributed by atoms with van der Waals surface area (Å²) in [6.07, 6.45) is 2.44. The van der Waals surface area contributed by atoms with E-state index in [1.165, 1.54) is 12.1 Å². The standard InChI is InChI=1S/C12H15FN2OS2/c1-8(18(2)16)5-6-15-11-7-9(13)3-4-10(11)14-12(15)17/h3-4,7-8H,5-6H2,1-2H3,(H,14,17). The Bertz CT molecular complexity index is 647. The lowest BCUT2D eigenvalue weighted by Gasteiger charge is -2.09. The molecule has 0 bridgehead atoms. The van der Waals surface area contributed by atoms with Crippen molar-refractivity contribution in [3.8, 4) is 0 Å². The van der Waals surface area contributed by atoms with Gasteiger partial charge in [0, 0.05) is 28.9 Å². The lowest BCUT2D eigenvalue weighted by Crippen LogP contribution is -2.12. The molecule has 6 heteroatoms. The Balaban J connectivity index is 2.32. The second-order valence-electron chi connectivity index (χ2n) is 4.34. The number of nitrogens with zero attached hydrogens (tertiary/aromatic N) is 1. The van der Waals surface area contributed by atoms with Crippen LogP contribution in [0.15, 0.2) is 18.2 Å². The van der Waals surface area contributed by atoms with Crippen LogP contribution in [0.1, 0.15) is 13.3 Å². The zero-order valence-corrected chi connectivity index (χ0v) is 11.9. The van der Waals surface area contributed by atoms with Crippen molar-refractivity contribution < 1.29 is 8.60 Å². The average molecular weight is 286 g/mol. The fourth-order valence-electron chi connectivity index (χ4n) is 1.82. The third-order valence-corrected chi connectivity index (χ3v) is 4.75. The van der Waals surface area contributed by atoms with Crippen molar-refractivity contribution >= 4 is 34.1 Å². The summed E-state index contributed by atoms with van der Waals surface area (Å²) in [5, 5.41) is 0.102. The maximum atomic E-state index is 13.2. The summed E-state index contributed by atoms with van der Waals surface area (Å²) in [6, 6.07) is 4.55. The Hall–Kier alpha value is -1.01. The van der Waals surface area contributed by atoms with Gasteiger partial charge in [-0.2, -0.15) is 0 Å². The molecule has 2 rings (SSSR count). The fraction of sp³-hybridized carbons (Fsp3) is 0.417. The molecular formula is C12H15FN2OS2. The number of fused-ring (bicyclic) bond motifs is 1. The molecule has 0 fully saturated rings. The predicted molar refractivity (Wildman–Crippen MR) is 75.2 cm³/mol. The van der Waals surface area contributed by atoms with Gasteiger partial charge in [-0.25, -0.2) is 4.39 Å². The molecule has 1 heterocycles. The molecule has 2 atom stereocenters. The number of rotatable bonds is 4. The van der Waals surface area contributed by atoms with E-state index >= 15 is 0 Å². The van der Waals surface area contributed by atoms with Crippen LogP contribution in [-0.2, 0) is 17.3 Å². The summed E-state index contributed by atoms with van der Waals surface area (Å²) in [5.74, 6) is -0.280. The van der Waals surface area contributed by atoms with Gasteiger partial charge in [-0.15, -0.1) is 0 Å². The monoisotopic (exact) mass is 286 g/mol. The van der Waals surface area contributed by atoms with Crippen LogP contribution < -0.4 is 0 Å². The number of benzene rings is 1. The lowest BCUT2D eigenvalue weighted by atomic mass is 10.3. The zero-order valence-electron chi connectivity index (χ0n) is 10.3. The predicted octanol–water partition coefficient (Wildman–Crippen LogP) is 3.00. The number of halogens is 1. The van der Waals surface area contributed by atoms with Gasteiger partial charge in [0.15, 0.2) is 4.77 Å². The second kappa shape index (κ2) is 5.32. The van der Waals surface area contributed by atoms with E-state index in [9.17, 15) is 8.60 Å². The molecule has 0 radical (unpaired) electrons. The number of aromatic nitrogens is 2. The average Bonchev–Trinajstić information content (AvgIpc) is 2.61. The maximum Gasteiger partial charge on any atom is 0.178 e. The first-order valence-corrected chi connectivity index (χ1v) is 7.72. The normalized spacial score (nSPS) is 14.8. The summed E-state index contributed by atoms with van der Waals surface area (Å²) < 4.78 is 27.0. The van der Waals surface area contributed by atoms with Crippen LogP contribution in [0.2, 0.25) is 0 Å². The summed E-state index contributed by atoms with van der Waals surface area (Å²) in [7, 11) is -0.848. The highest BCUT2D eigenvalue weighted by Crippen LogP contribution is 2.16. The summed E-state index contributed by atoms with van der Waals surface area (Å²) in [5.41, 5.74) is 1.58. The minimum atomic E-state index is -0.848. The molecule has 0 amide bonds. The van der Waals surface area contributed by atoms with Crippen LogP contribution in [-0.4, -0.2) is 25.3 Å². The molecule has 1 N–H and O–H groups in total. The molecule has 18 heavy (non-hydrogen) atoms. The van der Waals surface area contributed by atoms with Crippen LogP contribution in [0.4, 0.5) is 4.39 Å². The van der Waals surface area contributed by atoms with Crippen molar-refractivity contribution in [3.05, 3.63) is 28.8 Å². The Labute approximate surface area is 112 Å². The molecule has 0 aliphatic carbocycles. The van der Waals surface area contributed by atoms with E-state index in [-0.39, 0.29) is 11.1 Å². The summed E-state index contributed by atoms with van der Waals surface area (Å²) in [6.45, 7) is 2.58. The Kier molecular flexibility index (Phi) is 3.97. The quantitative estimate of drug-likeness (QED) is 0.877. The number of aryl methyl sites for hydroxylation is 1. The van der Waals surface area contributed by atoms with Crippen molar-refractivity contribution in [2.45, 2.75) is 25.1 Å². The highest BCUT2D eigenvalue weighted by molar-refractivity contribution is 7.84. The third kappa shape index (κ3) is 2.70. The highest BCUT2D eigenvalue weighted by Gasteiger charge is 2.09. The van der Waals surface area contributed by atoms with Gasteiger partial charge in [0.05, 0.1) is 11.0 Å². The van der Waals surface area contributed by atoms with Crippen LogP contribution in [0.25, 0.3) is 11.0 Å². The number of hydrogen-bond donors (Lipinski definition) is 1. The van der Waals surface area contributed by atoms with Gasteiger partial charge < -0.3 is 9.55 Å². The minimum Gasteiger partial charge on any atom is -0.331 e. The SMILES string of the molecule is CC(CCn1c(=S)[nH]c2ccc(F)cc21)S(C)=O. The second-order valence-corrected chi connectivity index (χ2v) is 6.53. The van der Waals surface area contributed by atoms with Crippen LogP contribution >= 0.6 is 12.2 Å². The van der Waals surface area contributed by atoms with Gasteiger partial charge >= 0.3 is 0 Å². The third-order valence-electron chi connectivity index (χ3n) is 3.06. The molecule has 2 unspecified atom stereocenters. The van der Waals surface area contributed by atoms with Gasteiger partial charge in [0.25, 0.3) is 0 Å². The van der Waals surface area contributed by atoms with Crippen molar-refractivity contribution in [3.63, 3.8) is 0 Å². The minimum absolute atomic E-state index is 0.102. The smallest absolute Gasteiger partial charge is 0.178 e. The van der Waals surface area contributed by atoms with Gasteiger partial charge in [-0.3, -0.25) is 4.21 Å². The number of hydrogen-bond acceptors (Lipinski definition) is 2. The Morgan fingerprint density at radius 3 is 2.94 bits per heavy atom. The molecular weight excluding hydrogens is 271 g/mol. The van der Waals surface area contributed by atoms with Crippen LogP contribution in [0, 0.1) is 10.6 Å². The van der Waals surface area contributed by atoms with Crippen molar-refractivity contribution in [2.24, 2.45) is 0 Å². The van der Waals surface area contributed by atoms with E-state index in [1.54, 1.807) is 12.3 Å². The number of aromatic amines is 1. The molecule has 0 saturated carbocycles. The van der Waals surface area contributed by atoms with Gasteiger partial charge in [-0.05, 0) is 36.8 Å². The fourth-order valence-corrected chi connectivity index (χ4v) is 2.56. The topological polar surface area (TPSA) is 37.8 Å². The highest BCUT2D eigenvalue weighted by atomic mass is 32.2. The van der Waals surface area contributed by atoms with Gasteiger partial charge in [0.2, 0.25) is 0 Å². The van der Waals surface area contributed by atoms with Gasteiger partial charge in [0.1, 0.15) is 5.82 Å². The van der Waals surface area contributed by atoms with E-state index in [0.717, 1.165) is 17.5 Å². The van der Waals surface area contributed by atoms with Crippen LogP contribution in [0.5, 0.6) is 0 Å². The molecule has 3 nitrogen and oxygen atoms in total. The largest absolute Gasteiger partial charge is 0.331 e. The molecule has 0 aliphatic rings.